The first-order chi connectivity index (χ1) is 7.93. The molecular formula is C11H13ClN2O3. The fraction of sp³-hybridized carbons (Fsp3) is 0.364. The van der Waals surface area contributed by atoms with Crippen LogP contribution in [0.25, 0.3) is 0 Å². The highest BCUT2D eigenvalue weighted by Crippen LogP contribution is 2.16. The SMILES string of the molecule is COc1cc(C(=O)N[C@@H](C)C(C)=O)cc(Cl)n1. The summed E-state index contributed by atoms with van der Waals surface area (Å²) in [6, 6.07) is 2.32. The highest BCUT2D eigenvalue weighted by molar-refractivity contribution is 6.29. The largest absolute Gasteiger partial charge is 0.481 e. The maximum absolute atomic E-state index is 11.8. The van der Waals surface area contributed by atoms with E-state index in [9.17, 15) is 9.59 Å². The molecule has 17 heavy (non-hydrogen) atoms. The van der Waals surface area contributed by atoms with Gasteiger partial charge in [0.25, 0.3) is 5.91 Å². The van der Waals surface area contributed by atoms with Gasteiger partial charge in [-0.05, 0) is 19.9 Å². The minimum Gasteiger partial charge on any atom is -0.481 e. The van der Waals surface area contributed by atoms with E-state index in [1.807, 2.05) is 0 Å². The minimum absolute atomic E-state index is 0.120. The number of rotatable bonds is 4. The van der Waals surface area contributed by atoms with Gasteiger partial charge in [0.05, 0.1) is 13.2 Å². The van der Waals surface area contributed by atoms with E-state index >= 15 is 0 Å². The fourth-order valence-corrected chi connectivity index (χ4v) is 1.29. The zero-order valence-electron chi connectivity index (χ0n) is 9.78. The predicted octanol–water partition coefficient (Wildman–Crippen LogP) is 1.45. The van der Waals surface area contributed by atoms with E-state index in [1.165, 1.54) is 26.2 Å². The van der Waals surface area contributed by atoms with Crippen molar-refractivity contribution in [3.8, 4) is 5.88 Å². The van der Waals surface area contributed by atoms with Gasteiger partial charge in [-0.1, -0.05) is 11.6 Å². The number of hydrogen-bond donors (Lipinski definition) is 1. The number of ketones is 1. The summed E-state index contributed by atoms with van der Waals surface area (Å²) in [4.78, 5) is 26.6. The van der Waals surface area contributed by atoms with Crippen molar-refractivity contribution in [3.05, 3.63) is 22.8 Å². The molecule has 1 N–H and O–H groups in total. The molecule has 5 nitrogen and oxygen atoms in total. The van der Waals surface area contributed by atoms with Gasteiger partial charge in [-0.2, -0.15) is 0 Å². The van der Waals surface area contributed by atoms with Gasteiger partial charge in [-0.15, -0.1) is 0 Å². The second-order valence-corrected chi connectivity index (χ2v) is 3.91. The first-order valence-corrected chi connectivity index (χ1v) is 5.34. The summed E-state index contributed by atoms with van der Waals surface area (Å²) in [5, 5.41) is 2.70. The van der Waals surface area contributed by atoms with Crippen LogP contribution in [0.15, 0.2) is 12.1 Å². The number of ether oxygens (including phenoxy) is 1. The number of nitrogens with zero attached hydrogens (tertiary/aromatic N) is 1. The highest BCUT2D eigenvalue weighted by atomic mass is 35.5. The van der Waals surface area contributed by atoms with Crippen molar-refractivity contribution in [1.29, 1.82) is 0 Å². The van der Waals surface area contributed by atoms with E-state index < -0.39 is 11.9 Å². The molecule has 0 aliphatic carbocycles. The van der Waals surface area contributed by atoms with Crippen molar-refractivity contribution in [2.75, 3.05) is 7.11 Å². The van der Waals surface area contributed by atoms with E-state index in [0.29, 0.717) is 5.56 Å². The van der Waals surface area contributed by atoms with Crippen LogP contribution in [0.5, 0.6) is 5.88 Å². The Morgan fingerprint density at radius 1 is 1.47 bits per heavy atom. The summed E-state index contributed by atoms with van der Waals surface area (Å²) in [5.74, 6) is -0.265. The van der Waals surface area contributed by atoms with Gasteiger partial charge < -0.3 is 10.1 Å². The van der Waals surface area contributed by atoms with Gasteiger partial charge in [-0.3, -0.25) is 9.59 Å². The number of hydrogen-bond acceptors (Lipinski definition) is 4. The van der Waals surface area contributed by atoms with Crippen molar-refractivity contribution >= 4 is 23.3 Å². The number of carbonyl (C=O) groups is 2. The summed E-state index contributed by atoms with van der Waals surface area (Å²) < 4.78 is 4.90. The molecule has 0 radical (unpaired) electrons. The molecule has 0 saturated heterocycles. The standard InChI is InChI=1S/C11H13ClN2O3/c1-6(7(2)15)13-11(16)8-4-9(12)14-10(5-8)17-3/h4-6H,1-3H3,(H,13,16)/t6-/m0/s1. The number of carbonyl (C=O) groups excluding carboxylic acids is 2. The maximum atomic E-state index is 11.8. The molecule has 0 aromatic carbocycles. The summed E-state index contributed by atoms with van der Waals surface area (Å²) >= 11 is 5.73. The third kappa shape index (κ3) is 3.71. The second kappa shape index (κ2) is 5.63. The van der Waals surface area contributed by atoms with Crippen LogP contribution < -0.4 is 10.1 Å². The molecule has 0 fully saturated rings. The Kier molecular flexibility index (Phi) is 4.45. The Morgan fingerprint density at radius 3 is 2.65 bits per heavy atom. The Balaban J connectivity index is 2.88. The molecule has 0 bridgehead atoms. The van der Waals surface area contributed by atoms with Gasteiger partial charge in [0.1, 0.15) is 5.15 Å². The van der Waals surface area contributed by atoms with Gasteiger partial charge in [0, 0.05) is 11.6 Å². The van der Waals surface area contributed by atoms with Crippen molar-refractivity contribution in [2.45, 2.75) is 19.9 Å². The van der Waals surface area contributed by atoms with E-state index in [-0.39, 0.29) is 16.8 Å². The molecule has 0 spiro atoms. The number of halogens is 1. The van der Waals surface area contributed by atoms with E-state index in [0.717, 1.165) is 0 Å². The van der Waals surface area contributed by atoms with Crippen LogP contribution in [0.2, 0.25) is 5.15 Å². The molecule has 1 rings (SSSR count). The van der Waals surface area contributed by atoms with Gasteiger partial charge in [0.15, 0.2) is 5.78 Å². The number of aromatic nitrogens is 1. The Labute approximate surface area is 104 Å². The molecule has 92 valence electrons. The molecule has 1 aromatic rings. The molecule has 1 heterocycles. The monoisotopic (exact) mass is 256 g/mol. The molecule has 6 heteroatoms. The quantitative estimate of drug-likeness (QED) is 0.828. The lowest BCUT2D eigenvalue weighted by atomic mass is 10.2. The molecule has 1 aromatic heterocycles. The van der Waals surface area contributed by atoms with Crippen LogP contribution in [-0.4, -0.2) is 29.8 Å². The van der Waals surface area contributed by atoms with Crippen molar-refractivity contribution < 1.29 is 14.3 Å². The van der Waals surface area contributed by atoms with Crippen LogP contribution in [0, 0.1) is 0 Å². The van der Waals surface area contributed by atoms with Crippen LogP contribution in [0.4, 0.5) is 0 Å². The van der Waals surface area contributed by atoms with Crippen LogP contribution in [0.1, 0.15) is 24.2 Å². The van der Waals surface area contributed by atoms with E-state index in [1.54, 1.807) is 6.92 Å². The molecule has 0 unspecified atom stereocenters. The van der Waals surface area contributed by atoms with Gasteiger partial charge >= 0.3 is 0 Å². The van der Waals surface area contributed by atoms with E-state index in [2.05, 4.69) is 10.3 Å². The zero-order chi connectivity index (χ0) is 13.0. The predicted molar refractivity (Wildman–Crippen MR) is 63.4 cm³/mol. The smallest absolute Gasteiger partial charge is 0.252 e. The first-order valence-electron chi connectivity index (χ1n) is 4.97. The summed E-state index contributed by atoms with van der Waals surface area (Å²) in [6.07, 6.45) is 0. The molecule has 0 aliphatic rings. The molecular weight excluding hydrogens is 244 g/mol. The lowest BCUT2D eigenvalue weighted by Gasteiger charge is -2.11. The fourth-order valence-electron chi connectivity index (χ4n) is 1.09. The highest BCUT2D eigenvalue weighted by Gasteiger charge is 2.14. The second-order valence-electron chi connectivity index (χ2n) is 3.53. The summed E-state index contributed by atoms with van der Waals surface area (Å²) in [6.45, 7) is 3.02. The lowest BCUT2D eigenvalue weighted by Crippen LogP contribution is -2.37. The normalized spacial score (nSPS) is 11.8. The first kappa shape index (κ1) is 13.4. The number of nitrogens with one attached hydrogen (secondary N) is 1. The Hall–Kier alpha value is -1.62. The lowest BCUT2D eigenvalue weighted by molar-refractivity contribution is -0.118. The van der Waals surface area contributed by atoms with Crippen LogP contribution in [0.3, 0.4) is 0 Å². The molecule has 1 amide bonds. The zero-order valence-corrected chi connectivity index (χ0v) is 10.5. The average Bonchev–Trinajstić information content (AvgIpc) is 2.27. The molecule has 1 atom stereocenters. The summed E-state index contributed by atoms with van der Waals surface area (Å²) in [7, 11) is 1.43. The van der Waals surface area contributed by atoms with Crippen molar-refractivity contribution in [1.82, 2.24) is 10.3 Å². The average molecular weight is 257 g/mol. The van der Waals surface area contributed by atoms with Crippen molar-refractivity contribution in [3.63, 3.8) is 0 Å². The minimum atomic E-state index is -0.541. The summed E-state index contributed by atoms with van der Waals surface area (Å²) in [5.41, 5.74) is 0.301. The third-order valence-corrected chi connectivity index (χ3v) is 2.39. The van der Waals surface area contributed by atoms with Crippen LogP contribution >= 0.6 is 11.6 Å². The third-order valence-electron chi connectivity index (χ3n) is 2.20. The van der Waals surface area contributed by atoms with Gasteiger partial charge in [0.2, 0.25) is 5.88 Å². The number of Topliss-reactive ketones (excluding diaryl/α,β-unsaturated/α-hetero) is 1. The number of methoxy groups -OCH3 is 1. The van der Waals surface area contributed by atoms with Gasteiger partial charge in [-0.25, -0.2) is 4.98 Å². The van der Waals surface area contributed by atoms with Crippen molar-refractivity contribution in [2.24, 2.45) is 0 Å². The topological polar surface area (TPSA) is 68.3 Å². The Bertz CT molecular complexity index is 448. The maximum Gasteiger partial charge on any atom is 0.252 e. The molecule has 0 aliphatic heterocycles. The number of pyridine rings is 1. The Morgan fingerprint density at radius 2 is 2.12 bits per heavy atom. The number of amides is 1. The van der Waals surface area contributed by atoms with E-state index in [4.69, 9.17) is 16.3 Å². The van der Waals surface area contributed by atoms with Crippen LogP contribution in [-0.2, 0) is 4.79 Å². The molecule has 0 saturated carbocycles.